The van der Waals surface area contributed by atoms with Gasteiger partial charge in [0, 0.05) is 6.54 Å². The number of hydrogen-bond donors (Lipinski definition) is 2. The summed E-state index contributed by atoms with van der Waals surface area (Å²) >= 11 is 0. The molecule has 1 aromatic rings. The zero-order chi connectivity index (χ0) is 12.3. The minimum atomic E-state index is -0.839. The van der Waals surface area contributed by atoms with Gasteiger partial charge in [-0.1, -0.05) is 26.0 Å². The summed E-state index contributed by atoms with van der Waals surface area (Å²) in [5.74, 6) is -0.161. The molecule has 0 radical (unpaired) electrons. The Morgan fingerprint density at radius 3 is 2.56 bits per heavy atom. The number of halogens is 1. The Labute approximate surface area is 96.5 Å². The lowest BCUT2D eigenvalue weighted by molar-refractivity contribution is 0.0266. The SMILES string of the molecule is Cc1cccc(F)c1NCC(C)(O)C(C)C. The average molecular weight is 225 g/mol. The number of anilines is 1. The van der Waals surface area contributed by atoms with Crippen molar-refractivity contribution in [1.82, 2.24) is 0 Å². The third-order valence-corrected chi connectivity index (χ3v) is 3.09. The van der Waals surface area contributed by atoms with Crippen LogP contribution in [0.1, 0.15) is 26.3 Å². The lowest BCUT2D eigenvalue weighted by Gasteiger charge is -2.28. The first kappa shape index (κ1) is 13.0. The molecule has 1 atom stereocenters. The Kier molecular flexibility index (Phi) is 3.92. The van der Waals surface area contributed by atoms with Crippen LogP contribution in [-0.2, 0) is 0 Å². The highest BCUT2D eigenvalue weighted by Crippen LogP contribution is 2.22. The second-order valence-corrected chi connectivity index (χ2v) is 4.80. The van der Waals surface area contributed by atoms with Gasteiger partial charge in [-0.2, -0.15) is 0 Å². The first-order valence-corrected chi connectivity index (χ1v) is 5.56. The van der Waals surface area contributed by atoms with E-state index in [-0.39, 0.29) is 11.7 Å². The van der Waals surface area contributed by atoms with E-state index >= 15 is 0 Å². The van der Waals surface area contributed by atoms with Crippen molar-refractivity contribution >= 4 is 5.69 Å². The van der Waals surface area contributed by atoms with Gasteiger partial charge in [0.15, 0.2) is 0 Å². The second kappa shape index (κ2) is 4.83. The van der Waals surface area contributed by atoms with Crippen molar-refractivity contribution in [3.8, 4) is 0 Å². The van der Waals surface area contributed by atoms with Gasteiger partial charge in [-0.3, -0.25) is 0 Å². The molecule has 0 bridgehead atoms. The zero-order valence-corrected chi connectivity index (χ0v) is 10.3. The van der Waals surface area contributed by atoms with Gasteiger partial charge in [0.05, 0.1) is 11.3 Å². The number of para-hydroxylation sites is 1. The van der Waals surface area contributed by atoms with E-state index in [2.05, 4.69) is 5.32 Å². The van der Waals surface area contributed by atoms with Crippen LogP contribution < -0.4 is 5.32 Å². The van der Waals surface area contributed by atoms with Gasteiger partial charge < -0.3 is 10.4 Å². The largest absolute Gasteiger partial charge is 0.388 e. The molecule has 0 spiro atoms. The van der Waals surface area contributed by atoms with E-state index in [1.165, 1.54) is 6.07 Å². The van der Waals surface area contributed by atoms with Crippen molar-refractivity contribution in [2.45, 2.75) is 33.3 Å². The van der Waals surface area contributed by atoms with Gasteiger partial charge in [-0.25, -0.2) is 4.39 Å². The summed E-state index contributed by atoms with van der Waals surface area (Å²) in [6, 6.07) is 4.94. The van der Waals surface area contributed by atoms with Crippen molar-refractivity contribution in [3.05, 3.63) is 29.6 Å². The molecular weight excluding hydrogens is 205 g/mol. The summed E-state index contributed by atoms with van der Waals surface area (Å²) < 4.78 is 13.5. The lowest BCUT2D eigenvalue weighted by atomic mass is 9.92. The van der Waals surface area contributed by atoms with E-state index in [1.807, 2.05) is 26.8 Å². The Balaban J connectivity index is 2.75. The summed E-state index contributed by atoms with van der Waals surface area (Å²) in [6.45, 7) is 7.81. The normalized spacial score (nSPS) is 14.9. The van der Waals surface area contributed by atoms with Crippen molar-refractivity contribution < 1.29 is 9.50 Å². The Morgan fingerprint density at radius 1 is 1.44 bits per heavy atom. The quantitative estimate of drug-likeness (QED) is 0.825. The predicted molar refractivity (Wildman–Crippen MR) is 65.1 cm³/mol. The average Bonchev–Trinajstić information content (AvgIpc) is 2.16. The molecule has 3 heteroatoms. The van der Waals surface area contributed by atoms with Crippen LogP contribution in [0.2, 0.25) is 0 Å². The smallest absolute Gasteiger partial charge is 0.146 e. The maximum atomic E-state index is 13.5. The molecule has 0 amide bonds. The topological polar surface area (TPSA) is 32.3 Å². The fourth-order valence-electron chi connectivity index (χ4n) is 1.33. The molecule has 0 saturated heterocycles. The number of aliphatic hydroxyl groups is 1. The number of aryl methyl sites for hydroxylation is 1. The first-order valence-electron chi connectivity index (χ1n) is 5.56. The van der Waals surface area contributed by atoms with Crippen LogP contribution in [0.15, 0.2) is 18.2 Å². The predicted octanol–water partition coefficient (Wildman–Crippen LogP) is 2.95. The number of rotatable bonds is 4. The molecule has 0 heterocycles. The van der Waals surface area contributed by atoms with Gasteiger partial charge in [0.2, 0.25) is 0 Å². The van der Waals surface area contributed by atoms with Crippen LogP contribution in [-0.4, -0.2) is 17.3 Å². The van der Waals surface area contributed by atoms with E-state index in [0.29, 0.717) is 12.2 Å². The van der Waals surface area contributed by atoms with Crippen molar-refractivity contribution in [2.75, 3.05) is 11.9 Å². The highest BCUT2D eigenvalue weighted by atomic mass is 19.1. The molecule has 0 aliphatic heterocycles. The fourth-order valence-corrected chi connectivity index (χ4v) is 1.33. The third kappa shape index (κ3) is 2.95. The summed E-state index contributed by atoms with van der Waals surface area (Å²) in [5, 5.41) is 13.0. The maximum Gasteiger partial charge on any atom is 0.146 e. The highest BCUT2D eigenvalue weighted by molar-refractivity contribution is 5.51. The summed E-state index contributed by atoms with van der Waals surface area (Å²) in [5.41, 5.74) is 0.484. The van der Waals surface area contributed by atoms with E-state index < -0.39 is 5.60 Å². The number of benzene rings is 1. The van der Waals surface area contributed by atoms with Crippen LogP contribution in [0.5, 0.6) is 0 Å². The van der Waals surface area contributed by atoms with Crippen LogP contribution in [0.3, 0.4) is 0 Å². The summed E-state index contributed by atoms with van der Waals surface area (Å²) in [6.07, 6.45) is 0. The van der Waals surface area contributed by atoms with Crippen LogP contribution >= 0.6 is 0 Å². The van der Waals surface area contributed by atoms with E-state index in [0.717, 1.165) is 5.56 Å². The van der Waals surface area contributed by atoms with E-state index in [9.17, 15) is 9.50 Å². The molecule has 2 N–H and O–H groups in total. The number of nitrogens with one attached hydrogen (secondary N) is 1. The molecular formula is C13H20FNO. The molecule has 2 nitrogen and oxygen atoms in total. The zero-order valence-electron chi connectivity index (χ0n) is 10.3. The van der Waals surface area contributed by atoms with Crippen LogP contribution in [0.25, 0.3) is 0 Å². The first-order chi connectivity index (χ1) is 7.34. The molecule has 90 valence electrons. The Bertz CT molecular complexity index is 341. The van der Waals surface area contributed by atoms with Crippen molar-refractivity contribution in [3.63, 3.8) is 0 Å². The summed E-state index contributed by atoms with van der Waals surface area (Å²) in [7, 11) is 0. The molecule has 1 rings (SSSR count). The van der Waals surface area contributed by atoms with E-state index in [4.69, 9.17) is 0 Å². The minimum Gasteiger partial charge on any atom is -0.388 e. The molecule has 1 aromatic carbocycles. The molecule has 0 fully saturated rings. The maximum absolute atomic E-state index is 13.5. The monoisotopic (exact) mass is 225 g/mol. The van der Waals surface area contributed by atoms with E-state index in [1.54, 1.807) is 13.0 Å². The number of hydrogen-bond acceptors (Lipinski definition) is 2. The summed E-state index contributed by atoms with van der Waals surface area (Å²) in [4.78, 5) is 0. The fraction of sp³-hybridized carbons (Fsp3) is 0.538. The Hall–Kier alpha value is -1.09. The van der Waals surface area contributed by atoms with Crippen molar-refractivity contribution in [1.29, 1.82) is 0 Å². The minimum absolute atomic E-state index is 0.118. The van der Waals surface area contributed by atoms with Gasteiger partial charge in [0.1, 0.15) is 5.82 Å². The van der Waals surface area contributed by atoms with Crippen LogP contribution in [0.4, 0.5) is 10.1 Å². The third-order valence-electron chi connectivity index (χ3n) is 3.09. The molecule has 0 saturated carbocycles. The molecule has 1 unspecified atom stereocenters. The Morgan fingerprint density at radius 2 is 2.06 bits per heavy atom. The van der Waals surface area contributed by atoms with Gasteiger partial charge >= 0.3 is 0 Å². The van der Waals surface area contributed by atoms with Crippen molar-refractivity contribution in [2.24, 2.45) is 5.92 Å². The van der Waals surface area contributed by atoms with Gasteiger partial charge in [-0.05, 0) is 31.4 Å². The molecule has 0 aliphatic carbocycles. The van der Waals surface area contributed by atoms with Crippen LogP contribution in [0, 0.1) is 18.7 Å². The van der Waals surface area contributed by atoms with Gasteiger partial charge in [-0.15, -0.1) is 0 Å². The molecule has 0 aliphatic rings. The highest BCUT2D eigenvalue weighted by Gasteiger charge is 2.24. The second-order valence-electron chi connectivity index (χ2n) is 4.80. The lowest BCUT2D eigenvalue weighted by Crippen LogP contribution is -2.39. The molecule has 16 heavy (non-hydrogen) atoms. The van der Waals surface area contributed by atoms with Gasteiger partial charge in [0.25, 0.3) is 0 Å². The standard InChI is InChI=1S/C13H20FNO/c1-9(2)13(4,16)8-15-12-10(3)6-5-7-11(12)14/h5-7,9,15-16H,8H2,1-4H3. The molecule has 0 aromatic heterocycles.